The molecule has 0 amide bonds. The highest BCUT2D eigenvalue weighted by Crippen LogP contribution is 2.20. The van der Waals surface area contributed by atoms with Crippen LogP contribution in [0.15, 0.2) is 30.6 Å². The largest absolute Gasteiger partial charge is 0.497 e. The molecule has 1 N–H and O–H groups in total. The molecule has 3 aromatic rings. The van der Waals surface area contributed by atoms with Gasteiger partial charge in [0, 0.05) is 18.8 Å². The fraction of sp³-hybridized carbons (Fsp3) is 0.286. The first-order valence-corrected chi connectivity index (χ1v) is 6.84. The Bertz CT molecular complexity index is 799. The average Bonchev–Trinajstić information content (AvgIpc) is 2.98. The molecule has 0 aliphatic rings. The number of aromatic amines is 1. The van der Waals surface area contributed by atoms with Crippen LogP contribution in [0.25, 0.3) is 11.0 Å². The number of methoxy groups -OCH3 is 1. The molecule has 1 aromatic carbocycles. The number of hydrogen-bond acceptors (Lipinski definition) is 3. The summed E-state index contributed by atoms with van der Waals surface area (Å²) in [5.41, 5.74) is 3.24. The maximum Gasteiger partial charge on any atom is 0.178 e. The van der Waals surface area contributed by atoms with E-state index in [1.165, 1.54) is 0 Å². The van der Waals surface area contributed by atoms with E-state index in [9.17, 15) is 0 Å². The summed E-state index contributed by atoms with van der Waals surface area (Å²) in [7, 11) is 1.67. The van der Waals surface area contributed by atoms with Crippen molar-refractivity contribution in [3.05, 3.63) is 40.9 Å². The minimum Gasteiger partial charge on any atom is -0.497 e. The Kier molecular flexibility index (Phi) is 3.31. The van der Waals surface area contributed by atoms with Crippen LogP contribution < -0.4 is 4.74 Å². The molecule has 0 saturated carbocycles. The number of nitrogens with one attached hydrogen (secondary N) is 1. The highest BCUT2D eigenvalue weighted by molar-refractivity contribution is 7.71. The Labute approximate surface area is 121 Å². The van der Waals surface area contributed by atoms with E-state index in [1.807, 2.05) is 42.2 Å². The average molecular weight is 288 g/mol. The summed E-state index contributed by atoms with van der Waals surface area (Å²) in [4.78, 5) is 3.21. The Balaban J connectivity index is 1.93. The number of fused-ring (bicyclic) bond motifs is 1. The molecular formula is C14H16N4OS. The molecule has 2 heterocycles. The number of hydrogen-bond donors (Lipinski definition) is 1. The Hall–Kier alpha value is -2.08. The molecule has 0 spiro atoms. The van der Waals surface area contributed by atoms with Crippen LogP contribution in [0.1, 0.15) is 5.56 Å². The second kappa shape index (κ2) is 5.13. The van der Waals surface area contributed by atoms with Crippen molar-refractivity contribution in [1.82, 2.24) is 19.3 Å². The maximum absolute atomic E-state index is 5.39. The van der Waals surface area contributed by atoms with E-state index in [0.717, 1.165) is 40.2 Å². The number of aryl methyl sites for hydroxylation is 3. The van der Waals surface area contributed by atoms with Gasteiger partial charge in [0.2, 0.25) is 0 Å². The minimum absolute atomic E-state index is 0.720. The molecule has 0 aliphatic heterocycles. The zero-order chi connectivity index (χ0) is 14.1. The molecule has 2 aromatic heterocycles. The second-order valence-corrected chi connectivity index (χ2v) is 5.13. The number of rotatable bonds is 4. The normalized spacial score (nSPS) is 11.1. The molecule has 20 heavy (non-hydrogen) atoms. The maximum atomic E-state index is 5.39. The van der Waals surface area contributed by atoms with Gasteiger partial charge in [-0.1, -0.05) is 0 Å². The lowest BCUT2D eigenvalue weighted by atomic mass is 10.3. The van der Waals surface area contributed by atoms with Crippen molar-refractivity contribution in [2.75, 3.05) is 7.11 Å². The topological polar surface area (TPSA) is 47.8 Å². The molecule has 0 aliphatic carbocycles. The first-order chi connectivity index (χ1) is 9.67. The van der Waals surface area contributed by atoms with Crippen molar-refractivity contribution in [2.45, 2.75) is 20.0 Å². The summed E-state index contributed by atoms with van der Waals surface area (Å²) in [6, 6.07) is 5.91. The lowest BCUT2D eigenvalue weighted by molar-refractivity contribution is 0.415. The number of H-pyrrole nitrogens is 1. The van der Waals surface area contributed by atoms with E-state index < -0.39 is 0 Å². The van der Waals surface area contributed by atoms with Crippen LogP contribution in [0.4, 0.5) is 0 Å². The van der Waals surface area contributed by atoms with Crippen LogP contribution in [-0.4, -0.2) is 26.4 Å². The molecule has 3 rings (SSSR count). The van der Waals surface area contributed by atoms with Crippen LogP contribution in [0, 0.1) is 11.7 Å². The summed E-state index contributed by atoms with van der Waals surface area (Å²) in [5, 5.41) is 4.29. The fourth-order valence-electron chi connectivity index (χ4n) is 2.27. The van der Waals surface area contributed by atoms with Gasteiger partial charge in [-0.15, -0.1) is 0 Å². The summed E-state index contributed by atoms with van der Waals surface area (Å²) in [6.45, 7) is 3.59. The van der Waals surface area contributed by atoms with E-state index in [2.05, 4.69) is 14.6 Å². The lowest BCUT2D eigenvalue weighted by Gasteiger charge is -2.06. The predicted molar refractivity (Wildman–Crippen MR) is 80.6 cm³/mol. The van der Waals surface area contributed by atoms with Crippen molar-refractivity contribution in [1.29, 1.82) is 0 Å². The Morgan fingerprint density at radius 3 is 2.90 bits per heavy atom. The zero-order valence-corrected chi connectivity index (χ0v) is 12.3. The van der Waals surface area contributed by atoms with E-state index in [0.29, 0.717) is 0 Å². The second-order valence-electron chi connectivity index (χ2n) is 4.75. The highest BCUT2D eigenvalue weighted by Gasteiger charge is 2.06. The van der Waals surface area contributed by atoms with Crippen molar-refractivity contribution >= 4 is 23.3 Å². The third-order valence-electron chi connectivity index (χ3n) is 3.30. The van der Waals surface area contributed by atoms with Crippen LogP contribution in [-0.2, 0) is 13.1 Å². The fourth-order valence-corrected chi connectivity index (χ4v) is 2.57. The van der Waals surface area contributed by atoms with Crippen molar-refractivity contribution in [3.8, 4) is 5.75 Å². The van der Waals surface area contributed by atoms with Crippen LogP contribution >= 0.6 is 12.2 Å². The first-order valence-electron chi connectivity index (χ1n) is 6.43. The molecule has 6 heteroatoms. The van der Waals surface area contributed by atoms with E-state index in [4.69, 9.17) is 17.0 Å². The third-order valence-corrected chi connectivity index (χ3v) is 3.62. The number of benzene rings is 1. The molecule has 0 atom stereocenters. The Morgan fingerprint density at radius 2 is 2.20 bits per heavy atom. The van der Waals surface area contributed by atoms with Crippen molar-refractivity contribution in [2.24, 2.45) is 0 Å². The van der Waals surface area contributed by atoms with E-state index in [-0.39, 0.29) is 0 Å². The van der Waals surface area contributed by atoms with Gasteiger partial charge in [0.05, 0.1) is 30.9 Å². The zero-order valence-electron chi connectivity index (χ0n) is 11.5. The molecule has 104 valence electrons. The molecule has 0 radical (unpaired) electrons. The van der Waals surface area contributed by atoms with Crippen LogP contribution in [0.2, 0.25) is 0 Å². The highest BCUT2D eigenvalue weighted by atomic mass is 32.1. The van der Waals surface area contributed by atoms with Gasteiger partial charge in [-0.3, -0.25) is 4.68 Å². The number of nitrogens with zero attached hydrogens (tertiary/aromatic N) is 3. The van der Waals surface area contributed by atoms with Crippen LogP contribution in [0.5, 0.6) is 5.75 Å². The van der Waals surface area contributed by atoms with Gasteiger partial charge in [-0.05, 0) is 36.8 Å². The van der Waals surface area contributed by atoms with Gasteiger partial charge >= 0.3 is 0 Å². The monoisotopic (exact) mass is 288 g/mol. The molecule has 0 unspecified atom stereocenters. The van der Waals surface area contributed by atoms with Crippen molar-refractivity contribution in [3.63, 3.8) is 0 Å². The van der Waals surface area contributed by atoms with Gasteiger partial charge in [0.15, 0.2) is 4.77 Å². The standard InChI is InChI=1S/C14H16N4OS/c1-10-8-15-17(9-10)5-6-18-13-7-11(19-2)3-4-12(13)16-14(18)20/h3-4,7-9H,5-6H2,1-2H3,(H,16,20). The van der Waals surface area contributed by atoms with Gasteiger partial charge in [-0.25, -0.2) is 0 Å². The van der Waals surface area contributed by atoms with Gasteiger partial charge in [-0.2, -0.15) is 5.10 Å². The SMILES string of the molecule is COc1ccc2[nH]c(=S)n(CCn3cc(C)cn3)c2c1. The molecule has 0 bridgehead atoms. The molecular weight excluding hydrogens is 272 g/mol. The quantitative estimate of drug-likeness (QED) is 0.751. The molecule has 0 fully saturated rings. The lowest BCUT2D eigenvalue weighted by Crippen LogP contribution is -2.07. The van der Waals surface area contributed by atoms with Gasteiger partial charge < -0.3 is 14.3 Å². The van der Waals surface area contributed by atoms with Crippen LogP contribution in [0.3, 0.4) is 0 Å². The summed E-state index contributed by atoms with van der Waals surface area (Å²) >= 11 is 5.39. The Morgan fingerprint density at radius 1 is 1.35 bits per heavy atom. The van der Waals surface area contributed by atoms with E-state index in [1.54, 1.807) is 7.11 Å². The van der Waals surface area contributed by atoms with E-state index >= 15 is 0 Å². The summed E-state index contributed by atoms with van der Waals surface area (Å²) in [6.07, 6.45) is 3.89. The number of ether oxygens (including phenoxy) is 1. The van der Waals surface area contributed by atoms with Gasteiger partial charge in [0.1, 0.15) is 5.75 Å². The van der Waals surface area contributed by atoms with Gasteiger partial charge in [0.25, 0.3) is 0 Å². The summed E-state index contributed by atoms with van der Waals surface area (Å²) < 4.78 is 9.99. The number of aromatic nitrogens is 4. The predicted octanol–water partition coefficient (Wildman–Crippen LogP) is 2.91. The smallest absolute Gasteiger partial charge is 0.178 e. The molecule has 5 nitrogen and oxygen atoms in total. The molecule has 0 saturated heterocycles. The third kappa shape index (κ3) is 2.34. The number of imidazole rings is 1. The van der Waals surface area contributed by atoms with Crippen molar-refractivity contribution < 1.29 is 4.74 Å². The minimum atomic E-state index is 0.720. The summed E-state index contributed by atoms with van der Waals surface area (Å²) in [5.74, 6) is 0.829. The first kappa shape index (κ1) is 12.9.